The molecular weight excluding hydrogens is 447 g/mol. The van der Waals surface area contributed by atoms with Crippen molar-refractivity contribution in [2.24, 2.45) is 0 Å². The van der Waals surface area contributed by atoms with E-state index in [0.717, 1.165) is 0 Å². The van der Waals surface area contributed by atoms with E-state index in [1.165, 1.54) is 22.2 Å². The number of likely N-dealkylation sites (tertiary alicyclic amines) is 1. The van der Waals surface area contributed by atoms with Gasteiger partial charge in [0.15, 0.2) is 0 Å². The molecule has 2 aromatic heterocycles. The van der Waals surface area contributed by atoms with Gasteiger partial charge in [-0.15, -0.1) is 11.3 Å². The molecular formula is C20H18Cl2N4O3S. The average Bonchev–Trinajstić information content (AvgIpc) is 3.32. The number of thiophene rings is 1. The van der Waals surface area contributed by atoms with E-state index in [2.05, 4.69) is 10.3 Å². The third kappa shape index (κ3) is 4.08. The number of benzene rings is 1. The van der Waals surface area contributed by atoms with Crippen molar-refractivity contribution in [1.82, 2.24) is 19.8 Å². The lowest BCUT2D eigenvalue weighted by Gasteiger charge is -2.21. The van der Waals surface area contributed by atoms with Crippen molar-refractivity contribution in [3.05, 3.63) is 61.9 Å². The van der Waals surface area contributed by atoms with E-state index in [9.17, 15) is 14.4 Å². The van der Waals surface area contributed by atoms with Gasteiger partial charge in [0, 0.05) is 24.2 Å². The lowest BCUT2D eigenvalue weighted by molar-refractivity contribution is -0.122. The molecule has 156 valence electrons. The van der Waals surface area contributed by atoms with Crippen molar-refractivity contribution in [2.45, 2.75) is 32.0 Å². The van der Waals surface area contributed by atoms with Crippen LogP contribution in [0.5, 0.6) is 0 Å². The van der Waals surface area contributed by atoms with Crippen LogP contribution >= 0.6 is 34.5 Å². The van der Waals surface area contributed by atoms with E-state index in [4.69, 9.17) is 23.2 Å². The Morgan fingerprint density at radius 3 is 2.83 bits per heavy atom. The SMILES string of the molecule is CC1CC(NC(=O)Cn2cnc3sccc3c2=O)CN1C(=O)c1ccc(Cl)c(Cl)c1. The molecule has 0 spiro atoms. The van der Waals surface area contributed by atoms with Crippen LogP contribution in [0.1, 0.15) is 23.7 Å². The number of carbonyl (C=O) groups excluding carboxylic acids is 2. The van der Waals surface area contributed by atoms with Crippen LogP contribution in [0.15, 0.2) is 40.8 Å². The Labute approximate surface area is 186 Å². The molecule has 3 aromatic rings. The van der Waals surface area contributed by atoms with Crippen molar-refractivity contribution in [1.29, 1.82) is 0 Å². The molecule has 1 fully saturated rings. The largest absolute Gasteiger partial charge is 0.350 e. The zero-order valence-electron chi connectivity index (χ0n) is 16.0. The van der Waals surface area contributed by atoms with Crippen LogP contribution in [0.3, 0.4) is 0 Å². The Kier molecular flexibility index (Phi) is 5.81. The maximum absolute atomic E-state index is 12.8. The molecule has 2 amide bonds. The fourth-order valence-corrected chi connectivity index (χ4v) is 4.67. The first-order valence-electron chi connectivity index (χ1n) is 9.31. The monoisotopic (exact) mass is 464 g/mol. The molecule has 1 aliphatic heterocycles. The molecule has 7 nitrogen and oxygen atoms in total. The number of hydrogen-bond acceptors (Lipinski definition) is 5. The van der Waals surface area contributed by atoms with Crippen LogP contribution in [0.25, 0.3) is 10.2 Å². The van der Waals surface area contributed by atoms with Gasteiger partial charge in [0.2, 0.25) is 5.91 Å². The van der Waals surface area contributed by atoms with E-state index >= 15 is 0 Å². The zero-order valence-corrected chi connectivity index (χ0v) is 18.3. The minimum Gasteiger partial charge on any atom is -0.350 e. The molecule has 3 heterocycles. The van der Waals surface area contributed by atoms with Gasteiger partial charge in [-0.3, -0.25) is 19.0 Å². The second-order valence-corrected chi connectivity index (χ2v) is 8.96. The average molecular weight is 465 g/mol. The van der Waals surface area contributed by atoms with Crippen molar-refractivity contribution in [3.8, 4) is 0 Å². The number of fused-ring (bicyclic) bond motifs is 1. The summed E-state index contributed by atoms with van der Waals surface area (Å²) in [5, 5.41) is 5.92. The molecule has 4 rings (SSSR count). The first-order chi connectivity index (χ1) is 14.3. The van der Waals surface area contributed by atoms with Crippen LogP contribution < -0.4 is 10.9 Å². The lowest BCUT2D eigenvalue weighted by Crippen LogP contribution is -2.41. The van der Waals surface area contributed by atoms with Gasteiger partial charge in [-0.05, 0) is 43.0 Å². The van der Waals surface area contributed by atoms with Crippen molar-refractivity contribution in [3.63, 3.8) is 0 Å². The van der Waals surface area contributed by atoms with Gasteiger partial charge in [-0.25, -0.2) is 4.98 Å². The Bertz CT molecular complexity index is 1190. The first kappa shape index (κ1) is 20.8. The maximum atomic E-state index is 12.8. The topological polar surface area (TPSA) is 84.3 Å². The number of carbonyl (C=O) groups is 2. The van der Waals surface area contributed by atoms with Crippen LogP contribution in [0.2, 0.25) is 10.0 Å². The Morgan fingerprint density at radius 2 is 2.07 bits per heavy atom. The normalized spacial score (nSPS) is 18.7. The first-order valence-corrected chi connectivity index (χ1v) is 10.9. The van der Waals surface area contributed by atoms with Crippen molar-refractivity contribution in [2.75, 3.05) is 6.54 Å². The van der Waals surface area contributed by atoms with Gasteiger partial charge in [-0.1, -0.05) is 23.2 Å². The van der Waals surface area contributed by atoms with Gasteiger partial charge in [0.1, 0.15) is 11.4 Å². The Hall–Kier alpha value is -2.42. The molecule has 1 aromatic carbocycles. The van der Waals surface area contributed by atoms with Gasteiger partial charge in [0.05, 0.1) is 21.8 Å². The number of nitrogens with zero attached hydrogens (tertiary/aromatic N) is 3. The molecule has 0 bridgehead atoms. The third-order valence-electron chi connectivity index (χ3n) is 5.13. The second kappa shape index (κ2) is 8.37. The predicted molar refractivity (Wildman–Crippen MR) is 117 cm³/mol. The summed E-state index contributed by atoms with van der Waals surface area (Å²) < 4.78 is 1.29. The smallest absolute Gasteiger partial charge is 0.262 e. The Balaban J connectivity index is 1.41. The summed E-state index contributed by atoms with van der Waals surface area (Å²) in [7, 11) is 0. The zero-order chi connectivity index (χ0) is 21.4. The van der Waals surface area contributed by atoms with Crippen LogP contribution in [0.4, 0.5) is 0 Å². The van der Waals surface area contributed by atoms with Crippen LogP contribution in [0, 0.1) is 0 Å². The molecule has 2 atom stereocenters. The molecule has 10 heteroatoms. The quantitative estimate of drug-likeness (QED) is 0.642. The lowest BCUT2D eigenvalue weighted by atomic mass is 10.1. The highest BCUT2D eigenvalue weighted by Gasteiger charge is 2.33. The minimum atomic E-state index is -0.297. The molecule has 1 saturated heterocycles. The standard InChI is InChI=1S/C20H18Cl2N4O3S/c1-11-6-13(8-26(11)19(28)12-2-3-15(21)16(22)7-12)24-17(27)9-25-10-23-18-14(20(25)29)4-5-30-18/h2-5,7,10-11,13H,6,8-9H2,1H3,(H,24,27). The summed E-state index contributed by atoms with van der Waals surface area (Å²) >= 11 is 13.3. The number of nitrogens with one attached hydrogen (secondary N) is 1. The summed E-state index contributed by atoms with van der Waals surface area (Å²) in [5.41, 5.74) is 0.206. The molecule has 1 N–H and O–H groups in total. The van der Waals surface area contributed by atoms with E-state index < -0.39 is 0 Å². The highest BCUT2D eigenvalue weighted by atomic mass is 35.5. The van der Waals surface area contributed by atoms with E-state index in [0.29, 0.717) is 38.8 Å². The van der Waals surface area contributed by atoms with Crippen molar-refractivity contribution < 1.29 is 9.59 Å². The maximum Gasteiger partial charge on any atom is 0.262 e. The van der Waals surface area contributed by atoms with Gasteiger partial charge >= 0.3 is 0 Å². The van der Waals surface area contributed by atoms with Crippen molar-refractivity contribution >= 4 is 56.6 Å². The fourth-order valence-electron chi connectivity index (χ4n) is 3.65. The van der Waals surface area contributed by atoms with Crippen LogP contribution in [-0.2, 0) is 11.3 Å². The highest BCUT2D eigenvalue weighted by molar-refractivity contribution is 7.16. The Morgan fingerprint density at radius 1 is 1.27 bits per heavy atom. The molecule has 0 aliphatic carbocycles. The molecule has 1 aliphatic rings. The van der Waals surface area contributed by atoms with E-state index in [-0.39, 0.29) is 36.0 Å². The summed E-state index contributed by atoms with van der Waals surface area (Å²) in [6.45, 7) is 2.19. The number of amides is 2. The number of halogens is 2. The number of hydrogen-bond donors (Lipinski definition) is 1. The summed E-state index contributed by atoms with van der Waals surface area (Å²) in [4.78, 5) is 44.3. The van der Waals surface area contributed by atoms with E-state index in [1.807, 2.05) is 6.92 Å². The molecule has 0 saturated carbocycles. The minimum absolute atomic E-state index is 0.0520. The van der Waals surface area contributed by atoms with E-state index in [1.54, 1.807) is 34.5 Å². The van der Waals surface area contributed by atoms with Gasteiger partial charge in [-0.2, -0.15) is 0 Å². The summed E-state index contributed by atoms with van der Waals surface area (Å²) in [6, 6.07) is 6.22. The highest BCUT2D eigenvalue weighted by Crippen LogP contribution is 2.26. The second-order valence-electron chi connectivity index (χ2n) is 7.25. The fraction of sp³-hybridized carbons (Fsp3) is 0.300. The van der Waals surface area contributed by atoms with Gasteiger partial charge < -0.3 is 10.2 Å². The molecule has 30 heavy (non-hydrogen) atoms. The summed E-state index contributed by atoms with van der Waals surface area (Å²) in [5.74, 6) is -0.462. The predicted octanol–water partition coefficient (Wildman–Crippen LogP) is 3.18. The van der Waals surface area contributed by atoms with Crippen LogP contribution in [-0.4, -0.2) is 44.9 Å². The molecule has 0 radical (unpaired) electrons. The van der Waals surface area contributed by atoms with Gasteiger partial charge in [0.25, 0.3) is 11.5 Å². The third-order valence-corrected chi connectivity index (χ3v) is 6.69. The molecule has 2 unspecified atom stereocenters. The summed E-state index contributed by atoms with van der Waals surface area (Å²) in [6.07, 6.45) is 2.01. The number of rotatable bonds is 4. The number of aromatic nitrogens is 2.